The zero-order valence-corrected chi connectivity index (χ0v) is 15.4. The maximum atomic E-state index is 12.5. The molecule has 2 heterocycles. The minimum absolute atomic E-state index is 0.0431. The predicted molar refractivity (Wildman–Crippen MR) is 101 cm³/mol. The average Bonchev–Trinajstić information content (AvgIpc) is 3.10. The Kier molecular flexibility index (Phi) is 5.48. The van der Waals surface area contributed by atoms with Gasteiger partial charge in [0.05, 0.1) is 11.6 Å². The highest BCUT2D eigenvalue weighted by Gasteiger charge is 2.28. The average molecular weight is 357 g/mol. The van der Waals surface area contributed by atoms with Crippen LogP contribution in [0.1, 0.15) is 31.7 Å². The molecular formula is C19H23N3O2S. The minimum atomic E-state index is -0.157. The van der Waals surface area contributed by atoms with Gasteiger partial charge in [-0.25, -0.2) is 4.98 Å². The lowest BCUT2D eigenvalue weighted by atomic mass is 9.97. The van der Waals surface area contributed by atoms with Crippen molar-refractivity contribution >= 4 is 28.3 Å². The van der Waals surface area contributed by atoms with Crippen LogP contribution in [0.2, 0.25) is 0 Å². The van der Waals surface area contributed by atoms with Crippen molar-refractivity contribution in [2.24, 2.45) is 5.92 Å². The van der Waals surface area contributed by atoms with E-state index in [1.54, 1.807) is 4.90 Å². The number of thiazole rings is 1. The number of nitrogens with one attached hydrogen (secondary N) is 1. The van der Waals surface area contributed by atoms with Crippen molar-refractivity contribution in [1.29, 1.82) is 0 Å². The molecule has 1 saturated heterocycles. The Balaban J connectivity index is 1.63. The molecule has 3 rings (SSSR count). The number of aromatic nitrogens is 1. The number of nitrogens with zero attached hydrogens (tertiary/aromatic N) is 2. The fourth-order valence-corrected chi connectivity index (χ4v) is 3.76. The van der Waals surface area contributed by atoms with Gasteiger partial charge in [0, 0.05) is 30.5 Å². The van der Waals surface area contributed by atoms with Crippen LogP contribution in [0.25, 0.3) is 11.3 Å². The third-order valence-corrected chi connectivity index (χ3v) is 5.29. The van der Waals surface area contributed by atoms with Gasteiger partial charge >= 0.3 is 0 Å². The van der Waals surface area contributed by atoms with Crippen LogP contribution in [0, 0.1) is 12.8 Å². The predicted octanol–water partition coefficient (Wildman–Crippen LogP) is 3.71. The van der Waals surface area contributed by atoms with Crippen LogP contribution in [-0.2, 0) is 9.59 Å². The number of anilines is 1. The molecule has 1 aliphatic heterocycles. The van der Waals surface area contributed by atoms with Crippen LogP contribution in [0.15, 0.2) is 29.6 Å². The first-order valence-corrected chi connectivity index (χ1v) is 9.56. The van der Waals surface area contributed by atoms with Crippen molar-refractivity contribution in [2.45, 2.75) is 33.1 Å². The Morgan fingerprint density at radius 2 is 2.08 bits per heavy atom. The summed E-state index contributed by atoms with van der Waals surface area (Å²) in [5.41, 5.74) is 3.11. The molecule has 1 aliphatic rings. The van der Waals surface area contributed by atoms with E-state index in [2.05, 4.69) is 10.3 Å². The van der Waals surface area contributed by atoms with Gasteiger partial charge in [-0.05, 0) is 19.8 Å². The first-order chi connectivity index (χ1) is 12.1. The molecule has 1 atom stereocenters. The molecule has 5 nitrogen and oxygen atoms in total. The lowest BCUT2D eigenvalue weighted by Crippen LogP contribution is -2.43. The topological polar surface area (TPSA) is 62.3 Å². The van der Waals surface area contributed by atoms with Gasteiger partial charge < -0.3 is 10.2 Å². The molecule has 1 aromatic carbocycles. The quantitative estimate of drug-likeness (QED) is 0.907. The van der Waals surface area contributed by atoms with E-state index in [9.17, 15) is 9.59 Å². The Hall–Kier alpha value is -2.21. The summed E-state index contributed by atoms with van der Waals surface area (Å²) in [5.74, 6) is -0.0808. The van der Waals surface area contributed by atoms with E-state index < -0.39 is 0 Å². The number of hydrogen-bond acceptors (Lipinski definition) is 4. The van der Waals surface area contributed by atoms with Gasteiger partial charge in [-0.2, -0.15) is 0 Å². The van der Waals surface area contributed by atoms with Crippen LogP contribution in [-0.4, -0.2) is 34.8 Å². The molecule has 1 N–H and O–H groups in total. The van der Waals surface area contributed by atoms with Crippen molar-refractivity contribution in [2.75, 3.05) is 18.4 Å². The third-order valence-electron chi connectivity index (χ3n) is 4.53. The minimum Gasteiger partial charge on any atom is -0.342 e. The molecule has 0 radical (unpaired) electrons. The monoisotopic (exact) mass is 357 g/mol. The summed E-state index contributed by atoms with van der Waals surface area (Å²) in [4.78, 5) is 30.7. The van der Waals surface area contributed by atoms with E-state index in [-0.39, 0.29) is 17.7 Å². The molecule has 1 unspecified atom stereocenters. The number of hydrogen-bond donors (Lipinski definition) is 1. The van der Waals surface area contributed by atoms with Crippen LogP contribution in [0.5, 0.6) is 0 Å². The van der Waals surface area contributed by atoms with Gasteiger partial charge in [-0.15, -0.1) is 11.3 Å². The van der Waals surface area contributed by atoms with E-state index in [1.807, 2.05) is 43.5 Å². The van der Waals surface area contributed by atoms with E-state index >= 15 is 0 Å². The highest BCUT2D eigenvalue weighted by atomic mass is 32.1. The van der Waals surface area contributed by atoms with E-state index in [0.29, 0.717) is 18.1 Å². The van der Waals surface area contributed by atoms with Crippen molar-refractivity contribution in [1.82, 2.24) is 9.88 Å². The normalized spacial score (nSPS) is 17.4. The van der Waals surface area contributed by atoms with Crippen molar-refractivity contribution in [3.05, 3.63) is 35.2 Å². The second-order valence-corrected chi connectivity index (χ2v) is 7.28. The summed E-state index contributed by atoms with van der Waals surface area (Å²) in [6.45, 7) is 5.17. The SMILES string of the molecule is CCC(=O)N1CCCC(C(=O)Nc2nc(-c3ccc(C)cc3)cs2)C1. The van der Waals surface area contributed by atoms with E-state index in [4.69, 9.17) is 0 Å². The van der Waals surface area contributed by atoms with Crippen LogP contribution >= 0.6 is 11.3 Å². The molecule has 0 aliphatic carbocycles. The number of carbonyl (C=O) groups excluding carboxylic acids is 2. The molecule has 0 spiro atoms. The Morgan fingerprint density at radius 1 is 1.32 bits per heavy atom. The lowest BCUT2D eigenvalue weighted by molar-refractivity contribution is -0.134. The molecule has 25 heavy (non-hydrogen) atoms. The molecule has 0 bridgehead atoms. The van der Waals surface area contributed by atoms with Crippen molar-refractivity contribution in [3.8, 4) is 11.3 Å². The number of piperidine rings is 1. The smallest absolute Gasteiger partial charge is 0.231 e. The van der Waals surface area contributed by atoms with E-state index in [1.165, 1.54) is 16.9 Å². The number of aryl methyl sites for hydroxylation is 1. The van der Waals surface area contributed by atoms with Gasteiger partial charge in [0.25, 0.3) is 0 Å². The fraction of sp³-hybridized carbons (Fsp3) is 0.421. The lowest BCUT2D eigenvalue weighted by Gasteiger charge is -2.31. The zero-order valence-electron chi connectivity index (χ0n) is 14.6. The number of rotatable bonds is 4. The van der Waals surface area contributed by atoms with Gasteiger partial charge in [0.15, 0.2) is 5.13 Å². The summed E-state index contributed by atoms with van der Waals surface area (Å²) >= 11 is 1.43. The Labute approximate surface area is 152 Å². The number of likely N-dealkylation sites (tertiary alicyclic amines) is 1. The fourth-order valence-electron chi connectivity index (χ4n) is 3.04. The summed E-state index contributed by atoms with van der Waals surface area (Å²) in [5, 5.41) is 5.48. The summed E-state index contributed by atoms with van der Waals surface area (Å²) in [7, 11) is 0. The first kappa shape index (κ1) is 17.6. The second-order valence-electron chi connectivity index (χ2n) is 6.43. The highest BCUT2D eigenvalue weighted by molar-refractivity contribution is 7.14. The molecule has 2 amide bonds. The largest absolute Gasteiger partial charge is 0.342 e. The molecular weight excluding hydrogens is 334 g/mol. The Bertz CT molecular complexity index is 754. The highest BCUT2D eigenvalue weighted by Crippen LogP contribution is 2.26. The number of benzene rings is 1. The van der Waals surface area contributed by atoms with Crippen molar-refractivity contribution < 1.29 is 9.59 Å². The molecule has 132 valence electrons. The molecule has 2 aromatic rings. The van der Waals surface area contributed by atoms with Gasteiger partial charge in [-0.1, -0.05) is 36.8 Å². The summed E-state index contributed by atoms with van der Waals surface area (Å²) in [6, 6.07) is 8.17. The summed E-state index contributed by atoms with van der Waals surface area (Å²) < 4.78 is 0. The molecule has 0 saturated carbocycles. The van der Waals surface area contributed by atoms with Gasteiger partial charge in [0.1, 0.15) is 0 Å². The van der Waals surface area contributed by atoms with Gasteiger partial charge in [0.2, 0.25) is 11.8 Å². The van der Waals surface area contributed by atoms with Crippen LogP contribution in [0.3, 0.4) is 0 Å². The van der Waals surface area contributed by atoms with Gasteiger partial charge in [-0.3, -0.25) is 9.59 Å². The number of carbonyl (C=O) groups is 2. The maximum Gasteiger partial charge on any atom is 0.231 e. The standard InChI is InChI=1S/C19H23N3O2S/c1-3-17(23)22-10-4-5-15(11-22)18(24)21-19-20-16(12-25-19)14-8-6-13(2)7-9-14/h6-9,12,15H,3-5,10-11H2,1-2H3,(H,20,21,24). The van der Waals surface area contributed by atoms with Crippen LogP contribution < -0.4 is 5.32 Å². The Morgan fingerprint density at radius 3 is 2.80 bits per heavy atom. The van der Waals surface area contributed by atoms with Crippen molar-refractivity contribution in [3.63, 3.8) is 0 Å². The van der Waals surface area contributed by atoms with Crippen LogP contribution in [0.4, 0.5) is 5.13 Å². The first-order valence-electron chi connectivity index (χ1n) is 8.68. The molecule has 1 aromatic heterocycles. The molecule has 6 heteroatoms. The third kappa shape index (κ3) is 4.25. The van der Waals surface area contributed by atoms with E-state index in [0.717, 1.165) is 30.6 Å². The summed E-state index contributed by atoms with van der Waals surface area (Å²) in [6.07, 6.45) is 2.17. The number of amides is 2. The zero-order chi connectivity index (χ0) is 17.8. The molecule has 1 fully saturated rings. The second kappa shape index (κ2) is 7.78. The maximum absolute atomic E-state index is 12.5.